The van der Waals surface area contributed by atoms with Crippen LogP contribution in [-0.2, 0) is 4.79 Å². The van der Waals surface area contributed by atoms with Gasteiger partial charge in [-0.2, -0.15) is 0 Å². The highest BCUT2D eigenvalue weighted by atomic mass is 16.3. The molecule has 0 fully saturated rings. The van der Waals surface area contributed by atoms with Crippen molar-refractivity contribution in [3.63, 3.8) is 0 Å². The molecule has 0 aromatic heterocycles. The van der Waals surface area contributed by atoms with Crippen molar-refractivity contribution in [1.82, 2.24) is 5.32 Å². The Morgan fingerprint density at radius 1 is 0.408 bits per heavy atom. The molecule has 1 amide bonds. The molecule has 0 spiro atoms. The molecule has 0 aliphatic rings. The third kappa shape index (κ3) is 38.5. The van der Waals surface area contributed by atoms with Gasteiger partial charge in [0.25, 0.3) is 0 Å². The van der Waals surface area contributed by atoms with Gasteiger partial charge in [0.1, 0.15) is 0 Å². The summed E-state index contributed by atoms with van der Waals surface area (Å²) in [7, 11) is 0. The van der Waals surface area contributed by atoms with E-state index in [0.29, 0.717) is 12.8 Å². The van der Waals surface area contributed by atoms with E-state index in [-0.39, 0.29) is 12.5 Å². The number of aliphatic hydroxyl groups is 2. The molecule has 0 aliphatic heterocycles. The van der Waals surface area contributed by atoms with Crippen LogP contribution in [0.15, 0.2) is 0 Å². The lowest BCUT2D eigenvalue weighted by Gasteiger charge is -2.22. The highest BCUT2D eigenvalue weighted by molar-refractivity contribution is 5.76. The van der Waals surface area contributed by atoms with Crippen molar-refractivity contribution in [2.75, 3.05) is 6.61 Å². The van der Waals surface area contributed by atoms with E-state index in [1.165, 1.54) is 212 Å². The van der Waals surface area contributed by atoms with Gasteiger partial charge in [-0.15, -0.1) is 0 Å². The molecule has 0 heterocycles. The number of amides is 1. The van der Waals surface area contributed by atoms with Gasteiger partial charge in [-0.3, -0.25) is 4.79 Å². The first-order chi connectivity index (χ1) is 24.2. The summed E-state index contributed by atoms with van der Waals surface area (Å²) >= 11 is 0. The van der Waals surface area contributed by atoms with Crippen molar-refractivity contribution in [2.45, 2.75) is 276 Å². The fourth-order valence-electron chi connectivity index (χ4n) is 7.36. The topological polar surface area (TPSA) is 69.6 Å². The first-order valence-corrected chi connectivity index (χ1v) is 22.7. The summed E-state index contributed by atoms with van der Waals surface area (Å²) in [6.45, 7) is 4.38. The number of unbranched alkanes of at least 4 members (excludes halogenated alkanes) is 35. The van der Waals surface area contributed by atoms with Crippen LogP contribution >= 0.6 is 0 Å². The second kappa shape index (κ2) is 41.8. The lowest BCUT2D eigenvalue weighted by molar-refractivity contribution is -0.123. The van der Waals surface area contributed by atoms with E-state index in [4.69, 9.17) is 0 Å². The first-order valence-electron chi connectivity index (χ1n) is 22.7. The van der Waals surface area contributed by atoms with Crippen LogP contribution in [0.25, 0.3) is 0 Å². The van der Waals surface area contributed by atoms with Crippen molar-refractivity contribution in [1.29, 1.82) is 0 Å². The number of rotatable bonds is 42. The van der Waals surface area contributed by atoms with Gasteiger partial charge in [0.15, 0.2) is 0 Å². The number of hydrogen-bond donors (Lipinski definition) is 3. The van der Waals surface area contributed by atoms with Gasteiger partial charge in [0, 0.05) is 6.42 Å². The van der Waals surface area contributed by atoms with Gasteiger partial charge in [-0.1, -0.05) is 245 Å². The minimum Gasteiger partial charge on any atom is -0.394 e. The van der Waals surface area contributed by atoms with Crippen molar-refractivity contribution < 1.29 is 15.0 Å². The predicted octanol–water partition coefficient (Wildman–Crippen LogP) is 14.1. The largest absolute Gasteiger partial charge is 0.394 e. The Morgan fingerprint density at radius 2 is 0.653 bits per heavy atom. The van der Waals surface area contributed by atoms with Gasteiger partial charge >= 0.3 is 0 Å². The smallest absolute Gasteiger partial charge is 0.220 e. The SMILES string of the molecule is CCCCCCCCCCCCCCCCCCCCCCCCCC(=O)NC(CO)C(O)CCCCCCCCCCCCCCCC. The second-order valence-electron chi connectivity index (χ2n) is 15.8. The average Bonchev–Trinajstić information content (AvgIpc) is 3.10. The van der Waals surface area contributed by atoms with Crippen molar-refractivity contribution in [2.24, 2.45) is 0 Å². The standard InChI is InChI=1S/C45H91NO3/c1-3-5-7-9-11-13-15-17-19-20-21-22-23-24-25-26-27-29-31-33-35-37-39-41-45(49)46-43(42-47)44(48)40-38-36-34-32-30-28-18-16-14-12-10-8-6-4-2/h43-44,47-48H,3-42H2,1-2H3,(H,46,49). The van der Waals surface area contributed by atoms with E-state index in [2.05, 4.69) is 19.2 Å². The minimum absolute atomic E-state index is 0.0254. The monoisotopic (exact) mass is 694 g/mol. The van der Waals surface area contributed by atoms with Crippen molar-refractivity contribution in [3.8, 4) is 0 Å². The molecule has 0 aliphatic carbocycles. The van der Waals surface area contributed by atoms with E-state index in [9.17, 15) is 15.0 Å². The second-order valence-corrected chi connectivity index (χ2v) is 15.8. The Labute approximate surface area is 308 Å². The van der Waals surface area contributed by atoms with Crippen molar-refractivity contribution >= 4 is 5.91 Å². The van der Waals surface area contributed by atoms with Crippen LogP contribution in [0.3, 0.4) is 0 Å². The maximum Gasteiger partial charge on any atom is 0.220 e. The summed E-state index contributed by atoms with van der Waals surface area (Å²) in [4.78, 5) is 12.4. The van der Waals surface area contributed by atoms with Gasteiger partial charge in [-0.25, -0.2) is 0 Å². The van der Waals surface area contributed by atoms with Gasteiger partial charge in [0.2, 0.25) is 5.91 Å². The normalized spacial score (nSPS) is 12.8. The zero-order valence-corrected chi connectivity index (χ0v) is 33.7. The van der Waals surface area contributed by atoms with Crippen LogP contribution in [0, 0.1) is 0 Å². The zero-order chi connectivity index (χ0) is 35.7. The molecule has 49 heavy (non-hydrogen) atoms. The Morgan fingerprint density at radius 3 is 0.918 bits per heavy atom. The highest BCUT2D eigenvalue weighted by Crippen LogP contribution is 2.17. The lowest BCUT2D eigenvalue weighted by Crippen LogP contribution is -2.45. The summed E-state index contributed by atoms with van der Waals surface area (Å²) < 4.78 is 0. The first kappa shape index (κ1) is 48.4. The van der Waals surface area contributed by atoms with Gasteiger partial charge < -0.3 is 15.5 Å². The van der Waals surface area contributed by atoms with Crippen LogP contribution in [-0.4, -0.2) is 34.9 Å². The third-order valence-electron chi connectivity index (χ3n) is 10.9. The summed E-state index contributed by atoms with van der Waals surface area (Å²) in [6, 6.07) is -0.529. The molecule has 294 valence electrons. The van der Waals surface area contributed by atoms with Crippen molar-refractivity contribution in [3.05, 3.63) is 0 Å². The van der Waals surface area contributed by atoms with Gasteiger partial charge in [-0.05, 0) is 12.8 Å². The molecular weight excluding hydrogens is 602 g/mol. The molecule has 0 aromatic carbocycles. The maximum absolute atomic E-state index is 12.4. The molecule has 4 nitrogen and oxygen atoms in total. The van der Waals surface area contributed by atoms with E-state index >= 15 is 0 Å². The lowest BCUT2D eigenvalue weighted by atomic mass is 10.0. The predicted molar refractivity (Wildman–Crippen MR) is 216 cm³/mol. The van der Waals surface area contributed by atoms with E-state index in [0.717, 1.165) is 25.7 Å². The van der Waals surface area contributed by atoms with E-state index in [1.807, 2.05) is 0 Å². The summed E-state index contributed by atoms with van der Waals surface area (Å²) in [5.41, 5.74) is 0. The molecule has 0 aromatic rings. The van der Waals surface area contributed by atoms with Gasteiger partial charge in [0.05, 0.1) is 18.8 Å². The molecule has 0 rings (SSSR count). The zero-order valence-electron chi connectivity index (χ0n) is 33.7. The highest BCUT2D eigenvalue weighted by Gasteiger charge is 2.20. The fraction of sp³-hybridized carbons (Fsp3) is 0.978. The number of aliphatic hydroxyl groups excluding tert-OH is 2. The number of carbonyl (C=O) groups is 1. The molecular formula is C45H91NO3. The number of hydrogen-bond acceptors (Lipinski definition) is 3. The molecule has 0 saturated heterocycles. The molecule has 0 bridgehead atoms. The van der Waals surface area contributed by atoms with Crippen LogP contribution in [0.1, 0.15) is 264 Å². The average molecular weight is 694 g/mol. The summed E-state index contributed by atoms with van der Waals surface area (Å²) in [6.07, 6.45) is 50.4. The molecule has 2 atom stereocenters. The third-order valence-corrected chi connectivity index (χ3v) is 10.9. The Hall–Kier alpha value is -0.610. The minimum atomic E-state index is -0.652. The summed E-state index contributed by atoms with van der Waals surface area (Å²) in [5.74, 6) is -0.0254. The molecule has 4 heteroatoms. The van der Waals surface area contributed by atoms with Crippen LogP contribution in [0.4, 0.5) is 0 Å². The Balaban J connectivity index is 3.43. The molecule has 3 N–H and O–H groups in total. The fourth-order valence-corrected chi connectivity index (χ4v) is 7.36. The van der Waals surface area contributed by atoms with Crippen LogP contribution in [0.5, 0.6) is 0 Å². The number of carbonyl (C=O) groups excluding carboxylic acids is 1. The summed E-state index contributed by atoms with van der Waals surface area (Å²) in [5, 5.41) is 23.2. The quantitative estimate of drug-likeness (QED) is 0.0557. The molecule has 2 unspecified atom stereocenters. The van der Waals surface area contributed by atoms with E-state index in [1.54, 1.807) is 0 Å². The molecule has 0 saturated carbocycles. The van der Waals surface area contributed by atoms with Crippen LogP contribution < -0.4 is 5.32 Å². The maximum atomic E-state index is 12.4. The van der Waals surface area contributed by atoms with E-state index < -0.39 is 12.1 Å². The molecule has 0 radical (unpaired) electrons. The van der Waals surface area contributed by atoms with Crippen LogP contribution in [0.2, 0.25) is 0 Å². The number of nitrogens with one attached hydrogen (secondary N) is 1. The Bertz CT molecular complexity index is 626. The Kier molecular flexibility index (Phi) is 41.3.